The number of hydrogen-bond acceptors (Lipinski definition) is 5. The highest BCUT2D eigenvalue weighted by atomic mass is 35.5. The summed E-state index contributed by atoms with van der Waals surface area (Å²) in [6.45, 7) is 4.44. The molecular weight excluding hydrogens is 388 g/mol. The fourth-order valence-corrected chi connectivity index (χ4v) is 3.49. The van der Waals surface area contributed by atoms with Gasteiger partial charge in [-0.3, -0.25) is 4.79 Å². The Kier molecular flexibility index (Phi) is 6.52. The number of fused-ring (bicyclic) bond motifs is 1. The van der Waals surface area contributed by atoms with Crippen LogP contribution in [-0.4, -0.2) is 36.8 Å². The lowest BCUT2D eigenvalue weighted by atomic mass is 10.1. The molecule has 2 heterocycles. The molecule has 4 rings (SSSR count). The molecular formula is C23H23ClN2O3. The monoisotopic (exact) mass is 410 g/mol. The van der Waals surface area contributed by atoms with E-state index in [1.54, 1.807) is 6.08 Å². The van der Waals surface area contributed by atoms with Crippen molar-refractivity contribution >= 4 is 35.4 Å². The third-order valence-corrected chi connectivity index (χ3v) is 4.97. The lowest BCUT2D eigenvalue weighted by molar-refractivity contribution is -0.142. The summed E-state index contributed by atoms with van der Waals surface area (Å²) in [6.07, 6.45) is 2.25. The van der Waals surface area contributed by atoms with Crippen LogP contribution in [0.15, 0.2) is 61.2 Å². The fourth-order valence-electron chi connectivity index (χ4n) is 3.49. The van der Waals surface area contributed by atoms with Crippen LogP contribution >= 0.6 is 12.4 Å². The van der Waals surface area contributed by atoms with E-state index in [2.05, 4.69) is 11.9 Å². The average molecular weight is 411 g/mol. The number of carbonyl (C=O) groups excluding carboxylic acids is 1. The first-order valence-corrected chi connectivity index (χ1v) is 9.28. The quantitative estimate of drug-likeness (QED) is 0.637. The normalized spacial score (nSPS) is 18.1. The molecule has 0 saturated carbocycles. The van der Waals surface area contributed by atoms with Crippen LogP contribution in [0.4, 0.5) is 0 Å². The Hall–Kier alpha value is -2.89. The van der Waals surface area contributed by atoms with Crippen molar-refractivity contribution < 1.29 is 14.3 Å². The van der Waals surface area contributed by atoms with Crippen molar-refractivity contribution in [3.8, 4) is 17.0 Å². The minimum atomic E-state index is -0.333. The molecule has 0 spiro atoms. The molecule has 6 heteroatoms. The smallest absolute Gasteiger partial charge is 0.323 e. The van der Waals surface area contributed by atoms with E-state index >= 15 is 0 Å². The van der Waals surface area contributed by atoms with Gasteiger partial charge in [0.15, 0.2) is 0 Å². The molecule has 1 fully saturated rings. The maximum atomic E-state index is 11.8. The van der Waals surface area contributed by atoms with E-state index in [9.17, 15) is 4.79 Å². The van der Waals surface area contributed by atoms with Crippen molar-refractivity contribution in [2.45, 2.75) is 18.6 Å². The van der Waals surface area contributed by atoms with Gasteiger partial charge in [-0.2, -0.15) is 0 Å². The van der Waals surface area contributed by atoms with E-state index in [1.807, 2.05) is 54.6 Å². The summed E-state index contributed by atoms with van der Waals surface area (Å²) in [5, 5.41) is 4.09. The lowest BCUT2D eigenvalue weighted by Crippen LogP contribution is -2.31. The zero-order chi connectivity index (χ0) is 19.5. The number of halogens is 1. The maximum Gasteiger partial charge on any atom is 0.323 e. The number of benzene rings is 2. The Morgan fingerprint density at radius 1 is 1.21 bits per heavy atom. The third-order valence-electron chi connectivity index (χ3n) is 4.97. The number of nitrogens with one attached hydrogen (secondary N) is 1. The molecule has 0 unspecified atom stereocenters. The van der Waals surface area contributed by atoms with E-state index in [1.165, 1.54) is 7.11 Å². The van der Waals surface area contributed by atoms with Gasteiger partial charge in [-0.05, 0) is 17.7 Å². The van der Waals surface area contributed by atoms with Crippen molar-refractivity contribution in [3.05, 3.63) is 66.7 Å². The summed E-state index contributed by atoms with van der Waals surface area (Å²) in [6, 6.07) is 17.7. The Bertz CT molecular complexity index is 1020. The van der Waals surface area contributed by atoms with E-state index < -0.39 is 0 Å². The standard InChI is InChI=1S/C23H22N2O3.ClH/c1-3-15-9-10-19-18(11-15)22(13-20(25-19)16-7-5-4-6-8-16)28-17-12-21(24-14-17)23(26)27-2;/h3-11,13,17,21,24H,1,12,14H2,2H3;1H/t17-,21+;/m1./s1. The summed E-state index contributed by atoms with van der Waals surface area (Å²) < 4.78 is 11.2. The van der Waals surface area contributed by atoms with E-state index in [4.69, 9.17) is 14.5 Å². The van der Waals surface area contributed by atoms with Gasteiger partial charge in [0, 0.05) is 30.0 Å². The first-order valence-electron chi connectivity index (χ1n) is 9.28. The molecule has 1 aromatic heterocycles. The zero-order valence-electron chi connectivity index (χ0n) is 16.1. The van der Waals surface area contributed by atoms with Crippen molar-refractivity contribution in [1.29, 1.82) is 0 Å². The van der Waals surface area contributed by atoms with Gasteiger partial charge in [0.25, 0.3) is 0 Å². The summed E-state index contributed by atoms with van der Waals surface area (Å²) in [7, 11) is 1.40. The number of nitrogens with zero attached hydrogens (tertiary/aromatic N) is 1. The first-order chi connectivity index (χ1) is 13.7. The van der Waals surface area contributed by atoms with Crippen molar-refractivity contribution in [2.75, 3.05) is 13.7 Å². The van der Waals surface area contributed by atoms with Crippen LogP contribution in [0.3, 0.4) is 0 Å². The first kappa shape index (κ1) is 20.8. The van der Waals surface area contributed by atoms with Crippen molar-refractivity contribution in [2.24, 2.45) is 0 Å². The predicted molar refractivity (Wildman–Crippen MR) is 117 cm³/mol. The molecule has 1 aliphatic heterocycles. The van der Waals surface area contributed by atoms with Crippen LogP contribution in [0.1, 0.15) is 12.0 Å². The molecule has 3 aromatic rings. The third kappa shape index (κ3) is 4.42. The van der Waals surface area contributed by atoms with E-state index in [-0.39, 0.29) is 30.5 Å². The number of aromatic nitrogens is 1. The molecule has 29 heavy (non-hydrogen) atoms. The van der Waals surface area contributed by atoms with Crippen LogP contribution in [0.5, 0.6) is 5.75 Å². The Balaban J connectivity index is 0.00000240. The van der Waals surface area contributed by atoms with Gasteiger partial charge in [-0.1, -0.05) is 49.1 Å². The van der Waals surface area contributed by atoms with Crippen LogP contribution < -0.4 is 10.1 Å². The average Bonchev–Trinajstić information content (AvgIpc) is 3.22. The minimum absolute atomic E-state index is 0. The molecule has 0 amide bonds. The van der Waals surface area contributed by atoms with Gasteiger partial charge < -0.3 is 14.8 Å². The lowest BCUT2D eigenvalue weighted by Gasteiger charge is -2.16. The number of ether oxygens (including phenoxy) is 2. The molecule has 2 atom stereocenters. The van der Waals surface area contributed by atoms with Gasteiger partial charge in [-0.25, -0.2) is 4.98 Å². The number of methoxy groups -OCH3 is 1. The Morgan fingerprint density at radius 2 is 2.00 bits per heavy atom. The SMILES string of the molecule is C=Cc1ccc2nc(-c3ccccc3)cc(O[C@H]3CN[C@H](C(=O)OC)C3)c2c1.Cl. The maximum absolute atomic E-state index is 11.8. The number of esters is 1. The molecule has 5 nitrogen and oxygen atoms in total. The molecule has 1 N–H and O–H groups in total. The molecule has 150 valence electrons. The Labute approximate surface area is 176 Å². The van der Waals surface area contributed by atoms with Crippen LogP contribution in [0.25, 0.3) is 28.2 Å². The number of hydrogen-bond donors (Lipinski definition) is 1. The van der Waals surface area contributed by atoms with Gasteiger partial charge in [0.1, 0.15) is 17.9 Å². The fraction of sp³-hybridized carbons (Fsp3) is 0.217. The molecule has 0 radical (unpaired) electrons. The Morgan fingerprint density at radius 3 is 2.72 bits per heavy atom. The summed E-state index contributed by atoms with van der Waals surface area (Å²) in [5.74, 6) is 0.495. The minimum Gasteiger partial charge on any atom is -0.488 e. The van der Waals surface area contributed by atoms with Gasteiger partial charge in [-0.15, -0.1) is 12.4 Å². The van der Waals surface area contributed by atoms with Crippen LogP contribution in [-0.2, 0) is 9.53 Å². The zero-order valence-corrected chi connectivity index (χ0v) is 16.9. The topological polar surface area (TPSA) is 60.5 Å². The second kappa shape index (κ2) is 9.07. The highest BCUT2D eigenvalue weighted by molar-refractivity contribution is 5.89. The predicted octanol–water partition coefficient (Wildman–Crippen LogP) is 4.25. The van der Waals surface area contributed by atoms with Crippen LogP contribution in [0, 0.1) is 0 Å². The largest absolute Gasteiger partial charge is 0.488 e. The van der Waals surface area contributed by atoms with Crippen molar-refractivity contribution in [3.63, 3.8) is 0 Å². The van der Waals surface area contributed by atoms with Crippen LogP contribution in [0.2, 0.25) is 0 Å². The highest BCUT2D eigenvalue weighted by Gasteiger charge is 2.31. The second-order valence-electron chi connectivity index (χ2n) is 6.81. The molecule has 0 bridgehead atoms. The van der Waals surface area contributed by atoms with Gasteiger partial charge in [0.2, 0.25) is 0 Å². The summed E-state index contributed by atoms with van der Waals surface area (Å²) >= 11 is 0. The van der Waals surface area contributed by atoms with Crippen molar-refractivity contribution in [1.82, 2.24) is 10.3 Å². The molecule has 1 aliphatic rings. The molecule has 2 aromatic carbocycles. The van der Waals surface area contributed by atoms with E-state index in [0.717, 1.165) is 33.5 Å². The number of rotatable bonds is 5. The molecule has 0 aliphatic carbocycles. The highest BCUT2D eigenvalue weighted by Crippen LogP contribution is 2.32. The second-order valence-corrected chi connectivity index (χ2v) is 6.81. The number of pyridine rings is 1. The van der Waals surface area contributed by atoms with Gasteiger partial charge in [0.05, 0.1) is 18.3 Å². The summed E-state index contributed by atoms with van der Waals surface area (Å²) in [4.78, 5) is 16.6. The summed E-state index contributed by atoms with van der Waals surface area (Å²) in [5.41, 5.74) is 3.74. The number of carbonyl (C=O) groups is 1. The van der Waals surface area contributed by atoms with Gasteiger partial charge >= 0.3 is 5.97 Å². The molecule has 1 saturated heterocycles. The van der Waals surface area contributed by atoms with E-state index in [0.29, 0.717) is 13.0 Å².